The largest absolute Gasteiger partial charge is 0.377 e. The molecule has 0 radical (unpaired) electrons. The van der Waals surface area contributed by atoms with Gasteiger partial charge in [-0.3, -0.25) is 4.79 Å². The number of morpholine rings is 1. The minimum Gasteiger partial charge on any atom is -0.377 e. The zero-order valence-electron chi connectivity index (χ0n) is 11.8. The molecule has 1 aromatic rings. The lowest BCUT2D eigenvalue weighted by atomic mass is 10.2. The maximum atomic E-state index is 12.2. The lowest BCUT2D eigenvalue weighted by Crippen LogP contribution is -2.47. The van der Waals surface area contributed by atoms with Crippen LogP contribution in [0.2, 0.25) is 5.02 Å². The van der Waals surface area contributed by atoms with Crippen molar-refractivity contribution in [3.05, 3.63) is 29.3 Å². The number of nitrogens with zero attached hydrogens (tertiary/aromatic N) is 1. The summed E-state index contributed by atoms with van der Waals surface area (Å²) in [5.41, 5.74) is 0. The summed E-state index contributed by atoms with van der Waals surface area (Å²) < 4.78 is 29.7. The van der Waals surface area contributed by atoms with Gasteiger partial charge in [-0.05, 0) is 25.1 Å². The van der Waals surface area contributed by atoms with Crippen molar-refractivity contribution in [3.63, 3.8) is 0 Å². The number of carbonyl (C=O) groups is 1. The first-order valence-electron chi connectivity index (χ1n) is 6.76. The molecule has 1 atom stereocenters. The Kier molecular flexibility index (Phi) is 5.24. The first-order chi connectivity index (χ1) is 9.90. The first-order valence-corrected chi connectivity index (χ1v) is 8.79. The Morgan fingerprint density at radius 2 is 2.24 bits per heavy atom. The molecule has 1 amide bonds. The third kappa shape index (κ3) is 4.18. The van der Waals surface area contributed by atoms with Crippen LogP contribution in [-0.2, 0) is 19.4 Å². The molecule has 0 aromatic heterocycles. The Hall–Kier alpha value is -1.11. The second-order valence-electron chi connectivity index (χ2n) is 5.04. The second-order valence-corrected chi connectivity index (χ2v) is 7.58. The predicted molar refractivity (Wildman–Crippen MR) is 80.1 cm³/mol. The standard InChI is InChI=1S/C14H18ClNO4S/c1-11-10-20-7-6-16(11)14(17)5-8-21(18,19)13-4-2-3-12(15)9-13/h2-4,9,11H,5-8,10H2,1H3. The molecule has 0 aliphatic carbocycles. The molecule has 1 aromatic carbocycles. The lowest BCUT2D eigenvalue weighted by Gasteiger charge is -2.33. The van der Waals surface area contributed by atoms with E-state index in [1.807, 2.05) is 6.92 Å². The number of sulfone groups is 1. The minimum absolute atomic E-state index is 0.0138. The molecule has 21 heavy (non-hydrogen) atoms. The summed E-state index contributed by atoms with van der Waals surface area (Å²) in [5, 5.41) is 0.365. The van der Waals surface area contributed by atoms with Crippen LogP contribution in [-0.4, -0.2) is 50.8 Å². The highest BCUT2D eigenvalue weighted by Crippen LogP contribution is 2.18. The molecule has 0 N–H and O–H groups in total. The van der Waals surface area contributed by atoms with Crippen LogP contribution in [0, 0.1) is 0 Å². The fourth-order valence-corrected chi connectivity index (χ4v) is 3.77. The summed E-state index contributed by atoms with van der Waals surface area (Å²) >= 11 is 5.80. The van der Waals surface area contributed by atoms with Crippen LogP contribution in [0.1, 0.15) is 13.3 Å². The molecule has 0 bridgehead atoms. The Labute approximate surface area is 129 Å². The third-order valence-corrected chi connectivity index (χ3v) is 5.38. The average molecular weight is 332 g/mol. The van der Waals surface area contributed by atoms with Gasteiger partial charge in [-0.15, -0.1) is 0 Å². The molecule has 1 fully saturated rings. The van der Waals surface area contributed by atoms with Crippen molar-refractivity contribution in [1.29, 1.82) is 0 Å². The summed E-state index contributed by atoms with van der Waals surface area (Å²) in [6.45, 7) is 3.39. The van der Waals surface area contributed by atoms with Crippen molar-refractivity contribution in [2.24, 2.45) is 0 Å². The van der Waals surface area contributed by atoms with Gasteiger partial charge in [0.25, 0.3) is 0 Å². The fraction of sp³-hybridized carbons (Fsp3) is 0.500. The van der Waals surface area contributed by atoms with E-state index in [1.165, 1.54) is 12.1 Å². The molecule has 1 aliphatic heterocycles. The molecular weight excluding hydrogens is 314 g/mol. The average Bonchev–Trinajstić information content (AvgIpc) is 2.45. The number of amides is 1. The van der Waals surface area contributed by atoms with Gasteiger partial charge in [0.2, 0.25) is 5.91 Å². The van der Waals surface area contributed by atoms with Crippen LogP contribution in [0.15, 0.2) is 29.2 Å². The van der Waals surface area contributed by atoms with Crippen LogP contribution >= 0.6 is 11.6 Å². The van der Waals surface area contributed by atoms with E-state index >= 15 is 0 Å². The number of hydrogen-bond donors (Lipinski definition) is 0. The second kappa shape index (κ2) is 6.77. The molecule has 0 spiro atoms. The van der Waals surface area contributed by atoms with E-state index in [9.17, 15) is 13.2 Å². The van der Waals surface area contributed by atoms with Crippen molar-refractivity contribution >= 4 is 27.3 Å². The van der Waals surface area contributed by atoms with Crippen LogP contribution in [0.4, 0.5) is 0 Å². The maximum absolute atomic E-state index is 12.2. The number of halogens is 1. The topological polar surface area (TPSA) is 63.7 Å². The van der Waals surface area contributed by atoms with E-state index in [0.717, 1.165) is 0 Å². The molecule has 7 heteroatoms. The van der Waals surface area contributed by atoms with Crippen molar-refractivity contribution in [2.45, 2.75) is 24.3 Å². The van der Waals surface area contributed by atoms with Gasteiger partial charge in [0.05, 0.1) is 29.9 Å². The monoisotopic (exact) mass is 331 g/mol. The SMILES string of the molecule is CC1COCCN1C(=O)CCS(=O)(=O)c1cccc(Cl)c1. The smallest absolute Gasteiger partial charge is 0.224 e. The van der Waals surface area contributed by atoms with Gasteiger partial charge in [0.1, 0.15) is 0 Å². The van der Waals surface area contributed by atoms with Crippen molar-refractivity contribution in [1.82, 2.24) is 4.90 Å². The van der Waals surface area contributed by atoms with Crippen LogP contribution in [0.25, 0.3) is 0 Å². The van der Waals surface area contributed by atoms with Gasteiger partial charge in [-0.25, -0.2) is 8.42 Å². The van der Waals surface area contributed by atoms with E-state index in [1.54, 1.807) is 17.0 Å². The van der Waals surface area contributed by atoms with Gasteiger partial charge in [-0.2, -0.15) is 0 Å². The highest BCUT2D eigenvalue weighted by atomic mass is 35.5. The van der Waals surface area contributed by atoms with E-state index in [0.29, 0.717) is 24.8 Å². The molecule has 0 saturated carbocycles. The van der Waals surface area contributed by atoms with E-state index in [4.69, 9.17) is 16.3 Å². The van der Waals surface area contributed by atoms with E-state index in [-0.39, 0.29) is 29.0 Å². The molecular formula is C14H18ClNO4S. The van der Waals surface area contributed by atoms with Gasteiger partial charge < -0.3 is 9.64 Å². The van der Waals surface area contributed by atoms with Gasteiger partial charge in [-0.1, -0.05) is 17.7 Å². The quantitative estimate of drug-likeness (QED) is 0.843. The van der Waals surface area contributed by atoms with Crippen LogP contribution in [0.3, 0.4) is 0 Å². The lowest BCUT2D eigenvalue weighted by molar-refractivity contribution is -0.138. The Balaban J connectivity index is 2.00. The zero-order valence-corrected chi connectivity index (χ0v) is 13.4. The van der Waals surface area contributed by atoms with Gasteiger partial charge in [0.15, 0.2) is 9.84 Å². The Morgan fingerprint density at radius 3 is 2.90 bits per heavy atom. The van der Waals surface area contributed by atoms with Gasteiger partial charge >= 0.3 is 0 Å². The highest BCUT2D eigenvalue weighted by Gasteiger charge is 2.25. The number of carbonyl (C=O) groups excluding carboxylic acids is 1. The predicted octanol–water partition coefficient (Wildman–Crippen LogP) is 1.75. The minimum atomic E-state index is -3.50. The molecule has 5 nitrogen and oxygen atoms in total. The molecule has 1 unspecified atom stereocenters. The Morgan fingerprint density at radius 1 is 1.48 bits per heavy atom. The molecule has 116 valence electrons. The highest BCUT2D eigenvalue weighted by molar-refractivity contribution is 7.91. The summed E-state index contributed by atoms with van der Waals surface area (Å²) in [7, 11) is -3.50. The number of ether oxygens (including phenoxy) is 1. The summed E-state index contributed by atoms with van der Waals surface area (Å²) in [6.07, 6.45) is -0.0286. The van der Waals surface area contributed by atoms with Crippen molar-refractivity contribution in [3.8, 4) is 0 Å². The maximum Gasteiger partial charge on any atom is 0.224 e. The first kappa shape index (κ1) is 16.3. The number of rotatable bonds is 4. The summed E-state index contributed by atoms with van der Waals surface area (Å²) in [5.74, 6) is -0.368. The summed E-state index contributed by atoms with van der Waals surface area (Å²) in [6, 6.07) is 6.07. The van der Waals surface area contributed by atoms with Crippen molar-refractivity contribution in [2.75, 3.05) is 25.5 Å². The zero-order chi connectivity index (χ0) is 15.5. The van der Waals surface area contributed by atoms with Crippen LogP contribution < -0.4 is 0 Å². The number of benzene rings is 1. The molecule has 1 heterocycles. The summed E-state index contributed by atoms with van der Waals surface area (Å²) in [4.78, 5) is 14.0. The molecule has 1 aliphatic rings. The Bertz CT molecular complexity index is 617. The van der Waals surface area contributed by atoms with Gasteiger partial charge in [0, 0.05) is 18.0 Å². The number of hydrogen-bond acceptors (Lipinski definition) is 4. The van der Waals surface area contributed by atoms with E-state index < -0.39 is 9.84 Å². The van der Waals surface area contributed by atoms with E-state index in [2.05, 4.69) is 0 Å². The van der Waals surface area contributed by atoms with Crippen molar-refractivity contribution < 1.29 is 17.9 Å². The normalized spacial score (nSPS) is 19.5. The molecule has 1 saturated heterocycles. The van der Waals surface area contributed by atoms with Crippen LogP contribution in [0.5, 0.6) is 0 Å². The fourth-order valence-electron chi connectivity index (χ4n) is 2.24. The third-order valence-electron chi connectivity index (χ3n) is 3.43. The molecule has 2 rings (SSSR count).